The highest BCUT2D eigenvalue weighted by atomic mass is 16.3. The molecule has 1 aromatic carbocycles. The number of allylic oxidation sites excluding steroid dienone is 2. The van der Waals surface area contributed by atoms with Crippen LogP contribution in [0.5, 0.6) is 0 Å². The Morgan fingerprint density at radius 1 is 1.33 bits per heavy atom. The van der Waals surface area contributed by atoms with Gasteiger partial charge in [0.1, 0.15) is 5.82 Å². The summed E-state index contributed by atoms with van der Waals surface area (Å²) in [6, 6.07) is 8.37. The maximum atomic E-state index is 9.38. The van der Waals surface area contributed by atoms with E-state index >= 15 is 0 Å². The molecule has 2 heterocycles. The monoisotopic (exact) mass is 326 g/mol. The zero-order valence-electron chi connectivity index (χ0n) is 14.3. The molecule has 24 heavy (non-hydrogen) atoms. The molecular weight excluding hydrogens is 302 g/mol. The molecule has 0 amide bonds. The predicted molar refractivity (Wildman–Crippen MR) is 97.5 cm³/mol. The number of aliphatic hydroxyl groups is 1. The van der Waals surface area contributed by atoms with Crippen LogP contribution in [0.2, 0.25) is 0 Å². The van der Waals surface area contributed by atoms with Crippen LogP contribution in [0.4, 0.5) is 5.69 Å². The fourth-order valence-corrected chi connectivity index (χ4v) is 2.64. The van der Waals surface area contributed by atoms with Gasteiger partial charge < -0.3 is 31.1 Å². The summed E-state index contributed by atoms with van der Waals surface area (Å²) < 4.78 is 0. The van der Waals surface area contributed by atoms with Gasteiger partial charge in [0.25, 0.3) is 0 Å². The van der Waals surface area contributed by atoms with Gasteiger partial charge in [0.15, 0.2) is 0 Å². The van der Waals surface area contributed by atoms with Gasteiger partial charge >= 0.3 is 0 Å². The lowest BCUT2D eigenvalue weighted by atomic mass is 10.1. The van der Waals surface area contributed by atoms with Crippen LogP contribution in [0, 0.1) is 0 Å². The summed E-state index contributed by atoms with van der Waals surface area (Å²) in [5.41, 5.74) is 6.57. The number of benzene rings is 1. The fraction of sp³-hybridized carbons (Fsp3) is 0.333. The van der Waals surface area contributed by atoms with Gasteiger partial charge in [-0.15, -0.1) is 0 Å². The number of aliphatic hydroxyl groups excluding tert-OH is 1. The van der Waals surface area contributed by atoms with Crippen LogP contribution >= 0.6 is 0 Å². The van der Waals surface area contributed by atoms with E-state index in [1.54, 1.807) is 0 Å². The van der Waals surface area contributed by atoms with Crippen molar-refractivity contribution < 1.29 is 5.11 Å². The number of nitrogens with one attached hydrogen (secondary N) is 2. The summed E-state index contributed by atoms with van der Waals surface area (Å²) >= 11 is 0. The Morgan fingerprint density at radius 2 is 2.17 bits per heavy atom. The minimum absolute atomic E-state index is 0.0303. The van der Waals surface area contributed by atoms with Crippen molar-refractivity contribution in [1.82, 2.24) is 15.8 Å². The number of fused-ring (bicyclic) bond motifs is 1. The topological polar surface area (TPSA) is 64.9 Å². The molecule has 2 aliphatic rings. The quantitative estimate of drug-likeness (QED) is 0.749. The molecule has 6 nitrogen and oxygen atoms in total. The first-order valence-corrected chi connectivity index (χ1v) is 8.17. The lowest BCUT2D eigenvalue weighted by Gasteiger charge is -2.39. The molecule has 0 spiro atoms. The Bertz CT molecular complexity index is 688. The molecule has 0 fully saturated rings. The lowest BCUT2D eigenvalue weighted by molar-refractivity contribution is 0.239. The zero-order chi connectivity index (χ0) is 17.1. The summed E-state index contributed by atoms with van der Waals surface area (Å²) in [4.78, 5) is 2.08. The number of rotatable bonds is 6. The van der Waals surface area contributed by atoms with Crippen molar-refractivity contribution in [2.75, 3.05) is 25.6 Å². The number of hydrazine groups is 1. The van der Waals surface area contributed by atoms with E-state index < -0.39 is 0 Å². The first-order chi connectivity index (χ1) is 11.6. The van der Waals surface area contributed by atoms with Crippen LogP contribution in [0.25, 0.3) is 11.0 Å². The van der Waals surface area contributed by atoms with Gasteiger partial charge in [-0.2, -0.15) is 0 Å². The van der Waals surface area contributed by atoms with Crippen LogP contribution in [0.3, 0.4) is 0 Å². The Morgan fingerprint density at radius 3 is 2.88 bits per heavy atom. The molecule has 6 heteroatoms. The van der Waals surface area contributed by atoms with Crippen LogP contribution in [0.1, 0.15) is 18.9 Å². The number of anilines is 1. The van der Waals surface area contributed by atoms with Crippen molar-refractivity contribution in [2.24, 2.45) is 0 Å². The highest BCUT2D eigenvalue weighted by Gasteiger charge is 2.17. The lowest BCUT2D eigenvalue weighted by Crippen LogP contribution is -2.44. The van der Waals surface area contributed by atoms with Crippen LogP contribution < -0.4 is 15.6 Å². The maximum Gasteiger partial charge on any atom is 0.102 e. The van der Waals surface area contributed by atoms with E-state index in [4.69, 9.17) is 0 Å². The van der Waals surface area contributed by atoms with E-state index in [2.05, 4.69) is 39.2 Å². The molecule has 0 aromatic heterocycles. The second-order valence-electron chi connectivity index (χ2n) is 6.07. The molecule has 0 aliphatic carbocycles. The second kappa shape index (κ2) is 6.88. The van der Waals surface area contributed by atoms with Crippen molar-refractivity contribution in [3.63, 3.8) is 0 Å². The molecule has 0 saturated heterocycles. The number of hydrogen-bond acceptors (Lipinski definition) is 5. The van der Waals surface area contributed by atoms with Crippen molar-refractivity contribution in [1.29, 1.82) is 0 Å². The van der Waals surface area contributed by atoms with Gasteiger partial charge in [-0.25, -0.2) is 0 Å². The van der Waals surface area contributed by atoms with E-state index in [1.807, 2.05) is 50.4 Å². The first-order valence-electron chi connectivity index (χ1n) is 8.17. The maximum absolute atomic E-state index is 9.38. The molecule has 0 radical (unpaired) electrons. The van der Waals surface area contributed by atoms with Gasteiger partial charge in [-0.05, 0) is 41.7 Å². The predicted octanol–water partition coefficient (Wildman–Crippen LogP) is 2.30. The Hall–Kier alpha value is -2.60. The number of nitrogens with zero attached hydrogens (tertiary/aromatic N) is 3. The molecule has 2 aliphatic heterocycles. The molecule has 0 saturated carbocycles. The first kappa shape index (κ1) is 16.3. The summed E-state index contributed by atoms with van der Waals surface area (Å²) in [5.74, 6) is 1.70. The van der Waals surface area contributed by atoms with E-state index in [-0.39, 0.29) is 12.6 Å². The summed E-state index contributed by atoms with van der Waals surface area (Å²) in [7, 11) is 4.06. The molecule has 1 unspecified atom stereocenters. The third kappa shape index (κ3) is 3.19. The van der Waals surface area contributed by atoms with E-state index in [0.717, 1.165) is 35.0 Å². The van der Waals surface area contributed by atoms with Gasteiger partial charge in [-0.3, -0.25) is 0 Å². The second-order valence-corrected chi connectivity index (χ2v) is 6.07. The minimum atomic E-state index is 0.0303. The van der Waals surface area contributed by atoms with Gasteiger partial charge in [0, 0.05) is 19.8 Å². The molecular formula is C18H24N5O-. The van der Waals surface area contributed by atoms with Crippen molar-refractivity contribution in [3.05, 3.63) is 65.1 Å². The summed E-state index contributed by atoms with van der Waals surface area (Å²) in [6.07, 6.45) is 6.63. The van der Waals surface area contributed by atoms with E-state index in [9.17, 15) is 5.11 Å². The summed E-state index contributed by atoms with van der Waals surface area (Å²) in [5, 5.41) is 19.1. The third-order valence-corrected chi connectivity index (χ3v) is 4.15. The smallest absolute Gasteiger partial charge is 0.102 e. The third-order valence-electron chi connectivity index (χ3n) is 4.15. The van der Waals surface area contributed by atoms with Crippen LogP contribution in [-0.4, -0.2) is 36.9 Å². The molecule has 3 rings (SSSR count). The normalized spacial score (nSPS) is 17.0. The number of hydrogen-bond donors (Lipinski definition) is 3. The SMILES string of the molecule is CCC(CO)NC1=CC=C2[N-]C=C(c3cccc(N(C)C)c3)N2N1. The summed E-state index contributed by atoms with van der Waals surface area (Å²) in [6.45, 7) is 2.14. The molecule has 1 aromatic rings. The van der Waals surface area contributed by atoms with Gasteiger partial charge in [-0.1, -0.05) is 31.3 Å². The fourth-order valence-electron chi connectivity index (χ4n) is 2.64. The highest BCUT2D eigenvalue weighted by Crippen LogP contribution is 2.35. The van der Waals surface area contributed by atoms with Crippen molar-refractivity contribution >= 4 is 11.4 Å². The standard InChI is InChI=1S/C18H24N5O/c1-4-14(12-24)20-17-8-9-18-19-11-16(23(18)21-17)13-6-5-7-15(10-13)22(2)3/h5-11,14,20-21,24H,4,12H2,1-3H3/q-1. The van der Waals surface area contributed by atoms with Crippen LogP contribution in [-0.2, 0) is 0 Å². The van der Waals surface area contributed by atoms with Crippen LogP contribution in [0.15, 0.2) is 54.3 Å². The largest absolute Gasteiger partial charge is 0.441 e. The van der Waals surface area contributed by atoms with Crippen molar-refractivity contribution in [2.45, 2.75) is 19.4 Å². The Labute approximate surface area is 143 Å². The van der Waals surface area contributed by atoms with E-state index in [1.165, 1.54) is 0 Å². The Kier molecular flexibility index (Phi) is 4.66. The van der Waals surface area contributed by atoms with Crippen molar-refractivity contribution in [3.8, 4) is 0 Å². The average molecular weight is 326 g/mol. The van der Waals surface area contributed by atoms with Gasteiger partial charge in [0.05, 0.1) is 12.6 Å². The van der Waals surface area contributed by atoms with Gasteiger partial charge in [0.2, 0.25) is 0 Å². The molecule has 128 valence electrons. The molecule has 0 bridgehead atoms. The molecule has 1 atom stereocenters. The minimum Gasteiger partial charge on any atom is -0.441 e. The molecule has 3 N–H and O–H groups in total. The highest BCUT2D eigenvalue weighted by molar-refractivity contribution is 5.74. The average Bonchev–Trinajstić information content (AvgIpc) is 3.03. The Balaban J connectivity index is 1.79. The zero-order valence-corrected chi connectivity index (χ0v) is 14.3. The van der Waals surface area contributed by atoms with E-state index in [0.29, 0.717) is 0 Å².